The molecule has 0 aliphatic heterocycles. The van der Waals surface area contributed by atoms with Crippen LogP contribution < -0.4 is 0 Å². The minimum atomic E-state index is -3.55. The maximum absolute atomic E-state index is 11.8. The molecular weight excluding hydrogens is 246 g/mol. The van der Waals surface area contributed by atoms with Gasteiger partial charge in [0.05, 0.1) is 18.5 Å². The van der Waals surface area contributed by atoms with Crippen LogP contribution in [0.1, 0.15) is 27.2 Å². The Balaban J connectivity index is 4.44. The molecule has 0 aliphatic carbocycles. The maximum Gasteiger partial charge on any atom is 0.318 e. The summed E-state index contributed by atoms with van der Waals surface area (Å²) in [5, 5.41) is 8.65. The van der Waals surface area contributed by atoms with E-state index in [1.54, 1.807) is 6.92 Å². The summed E-state index contributed by atoms with van der Waals surface area (Å²) in [5.74, 6) is -1.33. The van der Waals surface area contributed by atoms with E-state index < -0.39 is 22.5 Å². The molecule has 0 unspecified atom stereocenters. The molecule has 0 aromatic rings. The number of rotatable bonds is 9. The molecule has 0 spiro atoms. The molecule has 17 heavy (non-hydrogen) atoms. The molecule has 0 radical (unpaired) electrons. The second-order valence-corrected chi connectivity index (χ2v) is 6.05. The number of carbonyl (C=O) groups is 1. The van der Waals surface area contributed by atoms with Gasteiger partial charge in [-0.1, -0.05) is 6.92 Å². The summed E-state index contributed by atoms with van der Waals surface area (Å²) in [6.45, 7) is 5.24. The lowest BCUT2D eigenvalue weighted by atomic mass is 10.5. The van der Waals surface area contributed by atoms with E-state index in [1.807, 2.05) is 13.8 Å². The van der Waals surface area contributed by atoms with Crippen molar-refractivity contribution in [3.8, 4) is 0 Å². The van der Waals surface area contributed by atoms with Crippen LogP contribution in [0.25, 0.3) is 0 Å². The fourth-order valence-corrected chi connectivity index (χ4v) is 2.57. The molecule has 0 heterocycles. The van der Waals surface area contributed by atoms with Gasteiger partial charge < -0.3 is 9.84 Å². The number of carboxylic acid groups (broad SMARTS) is 1. The highest BCUT2D eigenvalue weighted by Gasteiger charge is 2.23. The van der Waals surface area contributed by atoms with E-state index >= 15 is 0 Å². The first-order chi connectivity index (χ1) is 7.79. The zero-order chi connectivity index (χ0) is 13.5. The summed E-state index contributed by atoms with van der Waals surface area (Å²) >= 11 is 0. The fourth-order valence-electron chi connectivity index (χ4n) is 1.23. The van der Waals surface area contributed by atoms with E-state index in [0.29, 0.717) is 6.42 Å². The zero-order valence-electron chi connectivity index (χ0n) is 10.5. The number of ether oxygens (including phenoxy) is 1. The second-order valence-electron chi connectivity index (χ2n) is 3.96. The van der Waals surface area contributed by atoms with Gasteiger partial charge >= 0.3 is 5.97 Å². The highest BCUT2D eigenvalue weighted by Crippen LogP contribution is 2.03. The number of sulfonamides is 1. The van der Waals surface area contributed by atoms with Gasteiger partial charge in [0, 0.05) is 6.54 Å². The summed E-state index contributed by atoms with van der Waals surface area (Å²) < 4.78 is 29.8. The van der Waals surface area contributed by atoms with Crippen LogP contribution in [0.4, 0.5) is 0 Å². The van der Waals surface area contributed by atoms with E-state index in [2.05, 4.69) is 0 Å². The number of hydrogen-bond donors (Lipinski definition) is 1. The van der Waals surface area contributed by atoms with E-state index in [-0.39, 0.29) is 25.0 Å². The molecule has 1 N–H and O–H groups in total. The Kier molecular flexibility index (Phi) is 7.33. The van der Waals surface area contributed by atoms with Crippen LogP contribution in [0.2, 0.25) is 0 Å². The third-order valence-corrected chi connectivity index (χ3v) is 3.75. The molecule has 6 nitrogen and oxygen atoms in total. The second kappa shape index (κ2) is 7.62. The Hall–Kier alpha value is -0.660. The van der Waals surface area contributed by atoms with E-state index in [0.717, 1.165) is 4.31 Å². The van der Waals surface area contributed by atoms with Crippen molar-refractivity contribution in [2.24, 2.45) is 0 Å². The minimum Gasteiger partial charge on any atom is -0.480 e. The largest absolute Gasteiger partial charge is 0.480 e. The normalized spacial score (nSPS) is 12.3. The smallest absolute Gasteiger partial charge is 0.318 e. The minimum absolute atomic E-state index is 0.0377. The van der Waals surface area contributed by atoms with Crippen molar-refractivity contribution >= 4 is 16.0 Å². The lowest BCUT2D eigenvalue weighted by Gasteiger charge is -2.19. The standard InChI is InChI=1S/C10H21NO5S/c1-4-5-11(8-10(12)13)17(14,15)7-6-16-9(2)3/h9H,4-8H2,1-3H3,(H,12,13). The van der Waals surface area contributed by atoms with Crippen molar-refractivity contribution in [2.75, 3.05) is 25.4 Å². The van der Waals surface area contributed by atoms with Crippen molar-refractivity contribution < 1.29 is 23.1 Å². The van der Waals surface area contributed by atoms with Crippen LogP contribution >= 0.6 is 0 Å². The van der Waals surface area contributed by atoms with Crippen molar-refractivity contribution in [3.05, 3.63) is 0 Å². The maximum atomic E-state index is 11.8. The van der Waals surface area contributed by atoms with Crippen LogP contribution in [-0.2, 0) is 19.6 Å². The SMILES string of the molecule is CCCN(CC(=O)O)S(=O)(=O)CCOC(C)C. The highest BCUT2D eigenvalue weighted by molar-refractivity contribution is 7.89. The Bertz CT molecular complexity index is 326. The Labute approximate surface area is 103 Å². The van der Waals surface area contributed by atoms with Crippen LogP contribution in [0, 0.1) is 0 Å². The lowest BCUT2D eigenvalue weighted by molar-refractivity contribution is -0.137. The highest BCUT2D eigenvalue weighted by atomic mass is 32.2. The molecule has 0 atom stereocenters. The van der Waals surface area contributed by atoms with Gasteiger partial charge in [0.15, 0.2) is 0 Å². The van der Waals surface area contributed by atoms with Crippen molar-refractivity contribution in [3.63, 3.8) is 0 Å². The molecule has 0 aromatic carbocycles. The number of nitrogens with zero attached hydrogens (tertiary/aromatic N) is 1. The van der Waals surface area contributed by atoms with Crippen molar-refractivity contribution in [2.45, 2.75) is 33.3 Å². The summed E-state index contributed by atoms with van der Waals surface area (Å²) in [6.07, 6.45) is 0.543. The zero-order valence-corrected chi connectivity index (χ0v) is 11.4. The molecule has 0 amide bonds. The molecular formula is C10H21NO5S. The van der Waals surface area contributed by atoms with Gasteiger partial charge in [-0.25, -0.2) is 8.42 Å². The Morgan fingerprint density at radius 3 is 2.41 bits per heavy atom. The summed E-state index contributed by atoms with van der Waals surface area (Å²) in [5.41, 5.74) is 0. The van der Waals surface area contributed by atoms with Gasteiger partial charge in [-0.05, 0) is 20.3 Å². The van der Waals surface area contributed by atoms with Crippen molar-refractivity contribution in [1.29, 1.82) is 0 Å². The molecule has 0 fully saturated rings. The van der Waals surface area contributed by atoms with Gasteiger partial charge in [0.25, 0.3) is 0 Å². The van der Waals surface area contributed by atoms with Gasteiger partial charge in [0.2, 0.25) is 10.0 Å². The Morgan fingerprint density at radius 1 is 1.41 bits per heavy atom. The number of carboxylic acids is 1. The average Bonchev–Trinajstić information content (AvgIpc) is 2.15. The monoisotopic (exact) mass is 267 g/mol. The quantitative estimate of drug-likeness (QED) is 0.659. The molecule has 0 saturated heterocycles. The number of aliphatic carboxylic acids is 1. The van der Waals surface area contributed by atoms with Crippen LogP contribution in [-0.4, -0.2) is 55.4 Å². The predicted molar refractivity (Wildman–Crippen MR) is 64.4 cm³/mol. The van der Waals surface area contributed by atoms with Gasteiger partial charge in [-0.2, -0.15) is 4.31 Å². The summed E-state index contributed by atoms with van der Waals surface area (Å²) in [6, 6.07) is 0. The molecule has 7 heteroatoms. The first-order valence-corrected chi connectivity index (χ1v) is 7.21. The first-order valence-electron chi connectivity index (χ1n) is 5.60. The third-order valence-electron chi connectivity index (χ3n) is 1.97. The number of hydrogen-bond acceptors (Lipinski definition) is 4. The van der Waals surface area contributed by atoms with Crippen molar-refractivity contribution in [1.82, 2.24) is 4.31 Å². The van der Waals surface area contributed by atoms with Gasteiger partial charge in [-0.3, -0.25) is 4.79 Å². The van der Waals surface area contributed by atoms with Gasteiger partial charge in [0.1, 0.15) is 6.54 Å². The topological polar surface area (TPSA) is 83.9 Å². The van der Waals surface area contributed by atoms with E-state index in [9.17, 15) is 13.2 Å². The van der Waals surface area contributed by atoms with Crippen LogP contribution in [0.3, 0.4) is 0 Å². The molecule has 0 saturated carbocycles. The molecule has 0 aromatic heterocycles. The first kappa shape index (κ1) is 16.3. The average molecular weight is 267 g/mol. The van der Waals surface area contributed by atoms with Crippen LogP contribution in [0.5, 0.6) is 0 Å². The van der Waals surface area contributed by atoms with Gasteiger partial charge in [-0.15, -0.1) is 0 Å². The summed E-state index contributed by atoms with van der Waals surface area (Å²) in [7, 11) is -3.55. The summed E-state index contributed by atoms with van der Waals surface area (Å²) in [4.78, 5) is 10.6. The predicted octanol–water partition coefficient (Wildman–Crippen LogP) is 0.538. The molecule has 0 bridgehead atoms. The lowest BCUT2D eigenvalue weighted by Crippen LogP contribution is -2.38. The van der Waals surface area contributed by atoms with Crippen LogP contribution in [0.15, 0.2) is 0 Å². The van der Waals surface area contributed by atoms with E-state index in [1.165, 1.54) is 0 Å². The molecule has 0 aliphatic rings. The third kappa shape index (κ3) is 7.30. The molecule has 102 valence electrons. The fraction of sp³-hybridized carbons (Fsp3) is 0.900. The molecule has 0 rings (SSSR count). The van der Waals surface area contributed by atoms with E-state index in [4.69, 9.17) is 9.84 Å². The Morgan fingerprint density at radius 2 is 2.00 bits per heavy atom.